The topological polar surface area (TPSA) is 118 Å². The van der Waals surface area contributed by atoms with Gasteiger partial charge < -0.3 is 20.4 Å². The Bertz CT molecular complexity index is 206. The molecular formula is C7H13NO6. The van der Waals surface area contributed by atoms with Gasteiger partial charge in [-0.1, -0.05) is 0 Å². The zero-order valence-electron chi connectivity index (χ0n) is 7.46. The Morgan fingerprint density at radius 1 is 1.21 bits per heavy atom. The summed E-state index contributed by atoms with van der Waals surface area (Å²) in [6.45, 7) is -1.69. The van der Waals surface area contributed by atoms with Crippen molar-refractivity contribution in [3.63, 3.8) is 0 Å². The Labute approximate surface area is 80.2 Å². The first-order valence-corrected chi connectivity index (χ1v) is 3.93. The summed E-state index contributed by atoms with van der Waals surface area (Å²) in [5.41, 5.74) is 0. The summed E-state index contributed by atoms with van der Waals surface area (Å²) in [5, 5.41) is 34.3. The van der Waals surface area contributed by atoms with Crippen molar-refractivity contribution in [3.8, 4) is 0 Å². The van der Waals surface area contributed by atoms with Gasteiger partial charge in [-0.2, -0.15) is 0 Å². The van der Waals surface area contributed by atoms with E-state index in [1.165, 1.54) is 0 Å². The third kappa shape index (κ3) is 4.17. The van der Waals surface area contributed by atoms with E-state index in [0.29, 0.717) is 0 Å². The Morgan fingerprint density at radius 3 is 2.07 bits per heavy atom. The molecule has 7 heteroatoms. The number of aliphatic hydroxyl groups excluding tert-OH is 2. The minimum Gasteiger partial charge on any atom is -0.480 e. The Morgan fingerprint density at radius 2 is 1.79 bits per heavy atom. The largest absolute Gasteiger partial charge is 0.480 e. The molecule has 0 saturated heterocycles. The fraction of sp³-hybridized carbons (Fsp3) is 0.714. The van der Waals surface area contributed by atoms with Gasteiger partial charge in [-0.15, -0.1) is 0 Å². The maximum absolute atomic E-state index is 10.6. The summed E-state index contributed by atoms with van der Waals surface area (Å²) < 4.78 is 0. The highest BCUT2D eigenvalue weighted by molar-refractivity contribution is 5.75. The lowest BCUT2D eigenvalue weighted by molar-refractivity contribution is -0.147. The molecule has 0 radical (unpaired) electrons. The van der Waals surface area contributed by atoms with Crippen LogP contribution in [0.15, 0.2) is 0 Å². The second-order valence-electron chi connectivity index (χ2n) is 2.62. The van der Waals surface area contributed by atoms with Gasteiger partial charge in [-0.25, -0.2) is 0 Å². The molecule has 0 aliphatic rings. The van der Waals surface area contributed by atoms with Gasteiger partial charge in [-0.3, -0.25) is 14.5 Å². The van der Waals surface area contributed by atoms with Gasteiger partial charge in [0.05, 0.1) is 19.8 Å². The molecule has 0 aromatic heterocycles. The number of carboxylic acids is 2. The molecule has 0 saturated carbocycles. The monoisotopic (exact) mass is 207 g/mol. The quantitative estimate of drug-likeness (QED) is 0.374. The van der Waals surface area contributed by atoms with Crippen molar-refractivity contribution in [2.24, 2.45) is 0 Å². The summed E-state index contributed by atoms with van der Waals surface area (Å²) in [7, 11) is 0. The third-order valence-corrected chi connectivity index (χ3v) is 1.62. The van der Waals surface area contributed by atoms with Crippen LogP contribution >= 0.6 is 0 Å². The standard InChI is InChI=1S/C7H13NO6/c9-2-1-8(3-6(11)12)5(4-10)7(13)14/h5,9-10H,1-4H2,(H,11,12)(H,13,14)/t5-/m0/s1. The molecule has 0 bridgehead atoms. The lowest BCUT2D eigenvalue weighted by Gasteiger charge is -2.24. The molecule has 7 nitrogen and oxygen atoms in total. The van der Waals surface area contributed by atoms with Crippen molar-refractivity contribution in [2.75, 3.05) is 26.3 Å². The van der Waals surface area contributed by atoms with Gasteiger partial charge in [-0.05, 0) is 0 Å². The number of carboxylic acid groups (broad SMARTS) is 2. The summed E-state index contributed by atoms with van der Waals surface area (Å²) in [4.78, 5) is 21.9. The van der Waals surface area contributed by atoms with Crippen LogP contribution in [0.5, 0.6) is 0 Å². The van der Waals surface area contributed by atoms with Crippen LogP contribution in [0.3, 0.4) is 0 Å². The summed E-state index contributed by atoms with van der Waals surface area (Å²) in [6.07, 6.45) is 0. The fourth-order valence-corrected chi connectivity index (χ4v) is 0.997. The molecule has 0 rings (SSSR count). The van der Waals surface area contributed by atoms with E-state index in [1.807, 2.05) is 0 Å². The number of aliphatic hydroxyl groups is 2. The van der Waals surface area contributed by atoms with Gasteiger partial charge in [0.1, 0.15) is 6.04 Å². The first-order chi connectivity index (χ1) is 6.52. The van der Waals surface area contributed by atoms with Gasteiger partial charge in [0, 0.05) is 6.54 Å². The first-order valence-electron chi connectivity index (χ1n) is 3.93. The number of nitrogens with zero attached hydrogens (tertiary/aromatic N) is 1. The molecule has 0 aliphatic heterocycles. The van der Waals surface area contributed by atoms with Crippen molar-refractivity contribution >= 4 is 11.9 Å². The summed E-state index contributed by atoms with van der Waals surface area (Å²) in [6, 6.07) is -1.29. The van der Waals surface area contributed by atoms with Gasteiger partial charge in [0.15, 0.2) is 0 Å². The molecule has 14 heavy (non-hydrogen) atoms. The number of carbonyl (C=O) groups is 2. The highest BCUT2D eigenvalue weighted by atomic mass is 16.4. The number of rotatable bonds is 7. The van der Waals surface area contributed by atoms with E-state index in [9.17, 15) is 9.59 Å². The van der Waals surface area contributed by atoms with E-state index in [1.54, 1.807) is 0 Å². The predicted molar refractivity (Wildman–Crippen MR) is 44.8 cm³/mol. The second-order valence-corrected chi connectivity index (χ2v) is 2.62. The molecule has 0 heterocycles. The van der Waals surface area contributed by atoms with E-state index in [2.05, 4.69) is 0 Å². The normalized spacial score (nSPS) is 12.8. The smallest absolute Gasteiger partial charge is 0.323 e. The average molecular weight is 207 g/mol. The molecule has 82 valence electrons. The number of aliphatic carboxylic acids is 2. The van der Waals surface area contributed by atoms with Crippen molar-refractivity contribution in [1.82, 2.24) is 4.90 Å². The summed E-state index contributed by atoms with van der Waals surface area (Å²) >= 11 is 0. The van der Waals surface area contributed by atoms with Gasteiger partial charge in [0.25, 0.3) is 0 Å². The maximum atomic E-state index is 10.6. The molecule has 0 aromatic carbocycles. The van der Waals surface area contributed by atoms with Crippen molar-refractivity contribution in [2.45, 2.75) is 6.04 Å². The Hall–Kier alpha value is -1.18. The van der Waals surface area contributed by atoms with Crippen LogP contribution in [0.4, 0.5) is 0 Å². The van der Waals surface area contributed by atoms with Crippen molar-refractivity contribution in [1.29, 1.82) is 0 Å². The van der Waals surface area contributed by atoms with Gasteiger partial charge >= 0.3 is 11.9 Å². The highest BCUT2D eigenvalue weighted by Crippen LogP contribution is 1.98. The lowest BCUT2D eigenvalue weighted by atomic mass is 10.2. The van der Waals surface area contributed by atoms with E-state index in [4.69, 9.17) is 20.4 Å². The van der Waals surface area contributed by atoms with Crippen LogP contribution in [0.25, 0.3) is 0 Å². The molecule has 0 spiro atoms. The SMILES string of the molecule is O=C(O)CN(CCO)[C@@H](CO)C(=O)O. The lowest BCUT2D eigenvalue weighted by Crippen LogP contribution is -2.47. The average Bonchev–Trinajstić information content (AvgIpc) is 2.03. The van der Waals surface area contributed by atoms with Crippen LogP contribution in [-0.4, -0.2) is 69.6 Å². The van der Waals surface area contributed by atoms with Gasteiger partial charge in [0.2, 0.25) is 0 Å². The summed E-state index contributed by atoms with van der Waals surface area (Å²) in [5.74, 6) is -2.53. The molecule has 0 unspecified atom stereocenters. The maximum Gasteiger partial charge on any atom is 0.323 e. The first kappa shape index (κ1) is 12.8. The minimum absolute atomic E-state index is 0.107. The zero-order valence-corrected chi connectivity index (χ0v) is 7.46. The molecule has 4 N–H and O–H groups in total. The van der Waals surface area contributed by atoms with Crippen LogP contribution in [0, 0.1) is 0 Å². The fourth-order valence-electron chi connectivity index (χ4n) is 0.997. The second kappa shape index (κ2) is 6.30. The molecule has 0 aliphatic carbocycles. The van der Waals surface area contributed by atoms with E-state index in [-0.39, 0.29) is 13.2 Å². The Balaban J connectivity index is 4.42. The molecule has 0 amide bonds. The van der Waals surface area contributed by atoms with E-state index in [0.717, 1.165) is 4.90 Å². The number of hydrogen-bond acceptors (Lipinski definition) is 5. The zero-order chi connectivity index (χ0) is 11.1. The molecule has 0 aromatic rings. The predicted octanol–water partition coefficient (Wildman–Crippen LogP) is -2.19. The van der Waals surface area contributed by atoms with E-state index >= 15 is 0 Å². The third-order valence-electron chi connectivity index (χ3n) is 1.62. The molecule has 0 fully saturated rings. The van der Waals surface area contributed by atoms with Crippen molar-refractivity contribution < 1.29 is 30.0 Å². The van der Waals surface area contributed by atoms with Crippen LogP contribution in [0.1, 0.15) is 0 Å². The highest BCUT2D eigenvalue weighted by Gasteiger charge is 2.25. The molecular weight excluding hydrogens is 194 g/mol. The van der Waals surface area contributed by atoms with Crippen LogP contribution in [-0.2, 0) is 9.59 Å². The van der Waals surface area contributed by atoms with Crippen molar-refractivity contribution in [3.05, 3.63) is 0 Å². The van der Waals surface area contributed by atoms with E-state index < -0.39 is 31.1 Å². The molecule has 1 atom stereocenters. The number of hydrogen-bond donors (Lipinski definition) is 4. The van der Waals surface area contributed by atoms with Crippen LogP contribution in [0.2, 0.25) is 0 Å². The minimum atomic E-state index is -1.32. The van der Waals surface area contributed by atoms with Crippen LogP contribution < -0.4 is 0 Å². The Kier molecular flexibility index (Phi) is 5.77.